The lowest BCUT2D eigenvalue weighted by molar-refractivity contribution is -0.224. The van der Waals surface area contributed by atoms with Gasteiger partial charge in [-0.3, -0.25) is 14.4 Å². The average Bonchev–Trinajstić information content (AvgIpc) is 2.81. The Hall–Kier alpha value is -1.69. The molecule has 0 aromatic carbocycles. The van der Waals surface area contributed by atoms with Crippen LogP contribution in [0.15, 0.2) is 11.6 Å². The van der Waals surface area contributed by atoms with Gasteiger partial charge in [-0.25, -0.2) is 0 Å². The molecule has 0 amide bonds. The number of carboxylic acids is 1. The second kappa shape index (κ2) is 8.41. The third-order valence-electron chi connectivity index (χ3n) is 13.1. The number of carbonyl (C=O) groups is 3. The number of aliphatic hydroxyl groups excluding tert-OH is 1. The molecular formula is C32H48O6. The summed E-state index contributed by atoms with van der Waals surface area (Å²) in [4.78, 5) is 39.1. The first-order valence-electron chi connectivity index (χ1n) is 14.8. The van der Waals surface area contributed by atoms with Crippen LogP contribution >= 0.6 is 0 Å². The first kappa shape index (κ1) is 27.9. The number of ether oxygens (including phenoxy) is 1. The van der Waals surface area contributed by atoms with Crippen LogP contribution in [0.5, 0.6) is 0 Å². The van der Waals surface area contributed by atoms with Gasteiger partial charge in [-0.05, 0) is 91.9 Å². The summed E-state index contributed by atoms with van der Waals surface area (Å²) in [5.74, 6) is -1.34. The zero-order valence-corrected chi connectivity index (χ0v) is 24.5. The molecule has 4 unspecified atom stereocenters. The van der Waals surface area contributed by atoms with Gasteiger partial charge in [0.25, 0.3) is 0 Å². The summed E-state index contributed by atoms with van der Waals surface area (Å²) in [6.07, 6.45) is 8.36. The van der Waals surface area contributed by atoms with E-state index in [1.54, 1.807) is 0 Å². The predicted octanol–water partition coefficient (Wildman–Crippen LogP) is 5.96. The highest BCUT2D eigenvalue weighted by molar-refractivity contribution is 5.96. The van der Waals surface area contributed by atoms with Gasteiger partial charge in [0.05, 0.1) is 5.41 Å². The highest BCUT2D eigenvalue weighted by atomic mass is 16.5. The lowest BCUT2D eigenvalue weighted by Crippen LogP contribution is -2.68. The Labute approximate surface area is 228 Å². The molecule has 4 fully saturated rings. The Morgan fingerprint density at radius 2 is 1.63 bits per heavy atom. The van der Waals surface area contributed by atoms with Crippen LogP contribution in [-0.2, 0) is 19.1 Å². The number of aliphatic carboxylic acids is 1. The number of carboxylic acid groups (broad SMARTS) is 1. The van der Waals surface area contributed by atoms with Gasteiger partial charge in [0, 0.05) is 30.3 Å². The topological polar surface area (TPSA) is 101 Å². The maximum atomic E-state index is 14.4. The van der Waals surface area contributed by atoms with Gasteiger partial charge in [0.1, 0.15) is 6.10 Å². The first-order valence-corrected chi connectivity index (χ1v) is 14.8. The van der Waals surface area contributed by atoms with Crippen LogP contribution in [-0.4, -0.2) is 40.6 Å². The highest BCUT2D eigenvalue weighted by Crippen LogP contribution is 2.75. The molecule has 5 rings (SSSR count). The fourth-order valence-electron chi connectivity index (χ4n) is 10.8. The monoisotopic (exact) mass is 528 g/mol. The summed E-state index contributed by atoms with van der Waals surface area (Å²) in [6, 6.07) is 0. The van der Waals surface area contributed by atoms with Gasteiger partial charge in [-0.1, -0.05) is 47.1 Å². The Kier molecular flexibility index (Phi) is 6.16. The number of aliphatic hydroxyl groups is 1. The van der Waals surface area contributed by atoms with E-state index >= 15 is 0 Å². The van der Waals surface area contributed by atoms with E-state index in [4.69, 9.17) is 4.74 Å². The smallest absolute Gasteiger partial charge is 0.310 e. The molecule has 0 heterocycles. The van der Waals surface area contributed by atoms with Crippen molar-refractivity contribution in [3.63, 3.8) is 0 Å². The van der Waals surface area contributed by atoms with Crippen LogP contribution in [0.4, 0.5) is 0 Å². The molecule has 0 aromatic heterocycles. The molecule has 4 saturated carbocycles. The number of rotatable bonds is 3. The predicted molar refractivity (Wildman–Crippen MR) is 144 cm³/mol. The second-order valence-corrected chi connectivity index (χ2v) is 15.5. The average molecular weight is 529 g/mol. The van der Waals surface area contributed by atoms with Crippen molar-refractivity contribution >= 4 is 17.7 Å². The number of fused-ring (bicyclic) bond motifs is 7. The third kappa shape index (κ3) is 3.43. The number of esters is 1. The van der Waals surface area contributed by atoms with E-state index in [0.29, 0.717) is 25.7 Å². The summed E-state index contributed by atoms with van der Waals surface area (Å²) in [6.45, 7) is 14.7. The minimum atomic E-state index is -0.791. The molecule has 6 heteroatoms. The minimum Gasteiger partial charge on any atom is -0.481 e. The van der Waals surface area contributed by atoms with Gasteiger partial charge in [0.15, 0.2) is 5.78 Å². The molecule has 38 heavy (non-hydrogen) atoms. The number of carbonyl (C=O) groups excluding carboxylic acids is 2. The molecule has 8 atom stereocenters. The van der Waals surface area contributed by atoms with E-state index in [2.05, 4.69) is 41.5 Å². The van der Waals surface area contributed by atoms with Crippen molar-refractivity contribution in [2.75, 3.05) is 6.61 Å². The molecule has 0 spiro atoms. The van der Waals surface area contributed by atoms with Crippen molar-refractivity contribution in [3.05, 3.63) is 11.6 Å². The highest BCUT2D eigenvalue weighted by Gasteiger charge is 2.72. The standard InChI is InChI=1S/C32H48O6/c1-19(34)38-24-9-11-32(18-33)23(28(24,4)5)8-10-30(7)25(32)22(35)16-20-21-17-27(2,3)12-14-31(21,26(36)37)15-13-29(20,30)6/h16,21,23-25,33H,8-15,17-18H2,1-7H3,(H,36,37)/t21?,23?,24?,25?,29-,30-,31+,32-/m1/s1. The summed E-state index contributed by atoms with van der Waals surface area (Å²) in [7, 11) is 0. The van der Waals surface area contributed by atoms with Gasteiger partial charge >= 0.3 is 11.9 Å². The van der Waals surface area contributed by atoms with E-state index in [0.717, 1.165) is 37.7 Å². The molecular weight excluding hydrogens is 480 g/mol. The normalized spacial score (nSPS) is 46.9. The summed E-state index contributed by atoms with van der Waals surface area (Å²) in [5.41, 5.74) is -1.30. The third-order valence-corrected chi connectivity index (χ3v) is 13.1. The van der Waals surface area contributed by atoms with Crippen molar-refractivity contribution in [1.82, 2.24) is 0 Å². The molecule has 5 aliphatic carbocycles. The largest absolute Gasteiger partial charge is 0.481 e. The lowest BCUT2D eigenvalue weighted by Gasteiger charge is -2.70. The van der Waals surface area contributed by atoms with E-state index in [1.807, 2.05) is 6.08 Å². The lowest BCUT2D eigenvalue weighted by atomic mass is 9.33. The van der Waals surface area contributed by atoms with Crippen molar-refractivity contribution in [2.45, 2.75) is 112 Å². The maximum Gasteiger partial charge on any atom is 0.310 e. The Morgan fingerprint density at radius 3 is 2.24 bits per heavy atom. The maximum absolute atomic E-state index is 14.4. The number of hydrogen-bond donors (Lipinski definition) is 2. The van der Waals surface area contributed by atoms with Crippen LogP contribution in [0.1, 0.15) is 106 Å². The Bertz CT molecular complexity index is 1090. The zero-order chi connectivity index (χ0) is 28.1. The number of hydrogen-bond acceptors (Lipinski definition) is 5. The van der Waals surface area contributed by atoms with Crippen LogP contribution in [0.3, 0.4) is 0 Å². The Morgan fingerprint density at radius 1 is 0.974 bits per heavy atom. The molecule has 6 nitrogen and oxygen atoms in total. The van der Waals surface area contributed by atoms with Gasteiger partial charge in [-0.2, -0.15) is 0 Å². The molecule has 2 N–H and O–H groups in total. The number of ketones is 1. The van der Waals surface area contributed by atoms with Crippen LogP contribution in [0, 0.1) is 50.2 Å². The van der Waals surface area contributed by atoms with Crippen molar-refractivity contribution in [2.24, 2.45) is 50.2 Å². The SMILES string of the molecule is CC(=O)OC1CC[C@@]2(CO)C(CC[C@]3(C)C2C(=O)C=C2C4CC(C)(C)CC[C@]4(C(=O)O)CC[C@]23C)C1(C)C. The van der Waals surface area contributed by atoms with E-state index < -0.39 is 16.8 Å². The molecule has 0 bridgehead atoms. The minimum absolute atomic E-state index is 0.0343. The zero-order valence-electron chi connectivity index (χ0n) is 24.5. The van der Waals surface area contributed by atoms with E-state index in [9.17, 15) is 24.6 Å². The quantitative estimate of drug-likeness (QED) is 0.439. The molecule has 212 valence electrons. The van der Waals surface area contributed by atoms with Crippen LogP contribution < -0.4 is 0 Å². The van der Waals surface area contributed by atoms with E-state index in [-0.39, 0.29) is 63.9 Å². The number of allylic oxidation sites excluding steroid dienone is 2. The summed E-state index contributed by atoms with van der Waals surface area (Å²) in [5, 5.41) is 21.7. The van der Waals surface area contributed by atoms with Gasteiger partial charge in [0.2, 0.25) is 0 Å². The summed E-state index contributed by atoms with van der Waals surface area (Å²) >= 11 is 0. The van der Waals surface area contributed by atoms with Crippen LogP contribution in [0.2, 0.25) is 0 Å². The van der Waals surface area contributed by atoms with Gasteiger partial charge in [-0.15, -0.1) is 0 Å². The van der Waals surface area contributed by atoms with E-state index in [1.165, 1.54) is 6.92 Å². The van der Waals surface area contributed by atoms with Crippen LogP contribution in [0.25, 0.3) is 0 Å². The Balaban J connectivity index is 1.63. The van der Waals surface area contributed by atoms with Gasteiger partial charge < -0.3 is 14.9 Å². The first-order chi connectivity index (χ1) is 17.5. The molecule has 0 saturated heterocycles. The van der Waals surface area contributed by atoms with Crippen molar-refractivity contribution in [1.29, 1.82) is 0 Å². The molecule has 5 aliphatic rings. The fraction of sp³-hybridized carbons (Fsp3) is 0.844. The molecule has 0 radical (unpaired) electrons. The molecule has 0 aromatic rings. The molecule has 0 aliphatic heterocycles. The van der Waals surface area contributed by atoms with Crippen molar-refractivity contribution < 1.29 is 29.3 Å². The summed E-state index contributed by atoms with van der Waals surface area (Å²) < 4.78 is 5.78. The fourth-order valence-corrected chi connectivity index (χ4v) is 10.8. The second-order valence-electron chi connectivity index (χ2n) is 15.5. The van der Waals surface area contributed by atoms with Crippen molar-refractivity contribution in [3.8, 4) is 0 Å².